The van der Waals surface area contributed by atoms with Gasteiger partial charge in [-0.25, -0.2) is 0 Å². The molecule has 2 nitrogen and oxygen atoms in total. The van der Waals surface area contributed by atoms with Crippen molar-refractivity contribution in [3.05, 3.63) is 0 Å². The minimum Gasteiger partial charge on any atom is -0.311 e. The molecule has 2 heteroatoms. The Hall–Kier alpha value is -0.0800. The van der Waals surface area contributed by atoms with E-state index in [1.807, 2.05) is 0 Å². The van der Waals surface area contributed by atoms with E-state index in [1.165, 1.54) is 13.0 Å². The molecule has 106 valence electrons. The quantitative estimate of drug-likeness (QED) is 0.812. The van der Waals surface area contributed by atoms with Crippen molar-refractivity contribution in [2.45, 2.75) is 73.0 Å². The summed E-state index contributed by atoms with van der Waals surface area (Å²) in [7, 11) is 0. The number of nitrogens with one attached hydrogen (secondary N) is 1. The molecule has 0 aromatic carbocycles. The first kappa shape index (κ1) is 14.3. The van der Waals surface area contributed by atoms with E-state index < -0.39 is 0 Å². The van der Waals surface area contributed by atoms with Crippen molar-refractivity contribution in [2.75, 3.05) is 13.1 Å². The SMILES string of the molecule is CC(C)C1CNC(C(C)(C)C)CN1C1CC1(C)C. The second-order valence-electron chi connectivity index (χ2n) is 8.54. The van der Waals surface area contributed by atoms with Crippen LogP contribution in [0.2, 0.25) is 0 Å². The van der Waals surface area contributed by atoms with E-state index in [-0.39, 0.29) is 0 Å². The summed E-state index contributed by atoms with van der Waals surface area (Å²) in [5.41, 5.74) is 0.909. The molecule has 0 radical (unpaired) electrons. The monoisotopic (exact) mass is 252 g/mol. The Bertz CT molecular complexity index is 301. The molecule has 0 bridgehead atoms. The average Bonchev–Trinajstić information content (AvgIpc) is 2.85. The largest absolute Gasteiger partial charge is 0.311 e. The summed E-state index contributed by atoms with van der Waals surface area (Å²) in [6.07, 6.45) is 1.38. The van der Waals surface area contributed by atoms with E-state index in [9.17, 15) is 0 Å². The van der Waals surface area contributed by atoms with Crippen LogP contribution in [0.4, 0.5) is 0 Å². The smallest absolute Gasteiger partial charge is 0.0247 e. The van der Waals surface area contributed by atoms with Crippen LogP contribution >= 0.6 is 0 Å². The molecule has 2 fully saturated rings. The molecule has 0 amide bonds. The molecule has 1 saturated heterocycles. The van der Waals surface area contributed by atoms with Gasteiger partial charge in [0.25, 0.3) is 0 Å². The van der Waals surface area contributed by atoms with Crippen molar-refractivity contribution in [1.29, 1.82) is 0 Å². The van der Waals surface area contributed by atoms with Gasteiger partial charge in [-0.3, -0.25) is 4.90 Å². The summed E-state index contributed by atoms with van der Waals surface area (Å²) in [6, 6.07) is 2.16. The summed E-state index contributed by atoms with van der Waals surface area (Å²) < 4.78 is 0. The number of hydrogen-bond donors (Lipinski definition) is 1. The lowest BCUT2D eigenvalue weighted by molar-refractivity contribution is 0.0481. The van der Waals surface area contributed by atoms with Crippen LogP contribution in [0.15, 0.2) is 0 Å². The summed E-state index contributed by atoms with van der Waals surface area (Å²) in [4.78, 5) is 2.82. The minimum absolute atomic E-state index is 0.360. The van der Waals surface area contributed by atoms with Gasteiger partial charge in [-0.1, -0.05) is 48.5 Å². The van der Waals surface area contributed by atoms with Crippen LogP contribution in [-0.2, 0) is 0 Å². The van der Waals surface area contributed by atoms with E-state index in [0.717, 1.165) is 24.5 Å². The highest BCUT2D eigenvalue weighted by Crippen LogP contribution is 2.50. The van der Waals surface area contributed by atoms with Gasteiger partial charge >= 0.3 is 0 Å². The van der Waals surface area contributed by atoms with Crippen LogP contribution in [0, 0.1) is 16.7 Å². The van der Waals surface area contributed by atoms with Crippen molar-refractivity contribution >= 4 is 0 Å². The van der Waals surface area contributed by atoms with Crippen LogP contribution in [0.3, 0.4) is 0 Å². The molecule has 18 heavy (non-hydrogen) atoms. The Kier molecular flexibility index (Phi) is 3.57. The fourth-order valence-corrected chi connectivity index (χ4v) is 3.35. The van der Waals surface area contributed by atoms with E-state index in [4.69, 9.17) is 0 Å². The van der Waals surface area contributed by atoms with Gasteiger partial charge in [0.1, 0.15) is 0 Å². The third kappa shape index (κ3) is 2.75. The fraction of sp³-hybridized carbons (Fsp3) is 1.00. The molecule has 1 N–H and O–H groups in total. The fourth-order valence-electron chi connectivity index (χ4n) is 3.35. The topological polar surface area (TPSA) is 15.3 Å². The Labute approximate surface area is 114 Å². The molecule has 3 atom stereocenters. The van der Waals surface area contributed by atoms with Crippen molar-refractivity contribution in [3.63, 3.8) is 0 Å². The highest BCUT2D eigenvalue weighted by atomic mass is 15.3. The molecule has 0 aromatic heterocycles. The van der Waals surface area contributed by atoms with Crippen LogP contribution in [0.1, 0.15) is 54.9 Å². The maximum atomic E-state index is 3.79. The standard InChI is InChI=1S/C16H32N2/c1-11(2)12-9-17-13(15(3,4)5)10-18(12)14-8-16(14,6)7/h11-14,17H,8-10H2,1-7H3. The van der Waals surface area contributed by atoms with Gasteiger partial charge in [0.05, 0.1) is 0 Å². The molecule has 0 aromatic rings. The van der Waals surface area contributed by atoms with Crippen LogP contribution in [0.5, 0.6) is 0 Å². The van der Waals surface area contributed by atoms with E-state index in [0.29, 0.717) is 16.9 Å². The van der Waals surface area contributed by atoms with Gasteiger partial charge in [0.15, 0.2) is 0 Å². The van der Waals surface area contributed by atoms with Gasteiger partial charge in [-0.2, -0.15) is 0 Å². The van der Waals surface area contributed by atoms with Crippen molar-refractivity contribution in [3.8, 4) is 0 Å². The molecular weight excluding hydrogens is 220 g/mol. The van der Waals surface area contributed by atoms with Gasteiger partial charge in [-0.15, -0.1) is 0 Å². The third-order valence-corrected chi connectivity index (χ3v) is 5.07. The summed E-state index contributed by atoms with van der Waals surface area (Å²) in [5, 5.41) is 3.79. The number of nitrogens with zero attached hydrogens (tertiary/aromatic N) is 1. The lowest BCUT2D eigenvalue weighted by Crippen LogP contribution is -2.62. The number of hydrogen-bond acceptors (Lipinski definition) is 2. The lowest BCUT2D eigenvalue weighted by atomic mass is 9.83. The Balaban J connectivity index is 2.10. The zero-order valence-corrected chi connectivity index (χ0v) is 13.4. The van der Waals surface area contributed by atoms with Crippen LogP contribution in [0.25, 0.3) is 0 Å². The maximum absolute atomic E-state index is 3.79. The molecule has 1 heterocycles. The molecule has 3 unspecified atom stereocenters. The average molecular weight is 252 g/mol. The van der Waals surface area contributed by atoms with Crippen molar-refractivity contribution < 1.29 is 0 Å². The first-order valence-electron chi connectivity index (χ1n) is 7.62. The second-order valence-corrected chi connectivity index (χ2v) is 8.54. The Morgan fingerprint density at radius 1 is 1.22 bits per heavy atom. The number of rotatable bonds is 2. The minimum atomic E-state index is 0.360. The molecule has 1 saturated carbocycles. The van der Waals surface area contributed by atoms with Crippen molar-refractivity contribution in [1.82, 2.24) is 10.2 Å². The van der Waals surface area contributed by atoms with Crippen LogP contribution < -0.4 is 5.32 Å². The third-order valence-electron chi connectivity index (χ3n) is 5.07. The molecule has 2 rings (SSSR count). The normalized spacial score (nSPS) is 37.0. The van der Waals surface area contributed by atoms with Gasteiger partial charge in [0, 0.05) is 31.2 Å². The maximum Gasteiger partial charge on any atom is 0.0247 e. The molecule has 1 aliphatic heterocycles. The molecular formula is C16H32N2. The molecule has 2 aliphatic rings. The van der Waals surface area contributed by atoms with Crippen molar-refractivity contribution in [2.24, 2.45) is 16.7 Å². The Morgan fingerprint density at radius 2 is 1.78 bits per heavy atom. The second kappa shape index (κ2) is 4.49. The zero-order chi connectivity index (χ0) is 13.7. The van der Waals surface area contributed by atoms with E-state index in [1.54, 1.807) is 0 Å². The summed E-state index contributed by atoms with van der Waals surface area (Å²) in [6.45, 7) is 19.0. The van der Waals surface area contributed by atoms with Gasteiger partial charge in [-0.05, 0) is 23.2 Å². The molecule has 0 spiro atoms. The highest BCUT2D eigenvalue weighted by molar-refractivity contribution is 5.07. The Morgan fingerprint density at radius 3 is 2.17 bits per heavy atom. The molecule has 1 aliphatic carbocycles. The first-order chi connectivity index (χ1) is 8.13. The van der Waals surface area contributed by atoms with E-state index in [2.05, 4.69) is 58.7 Å². The highest BCUT2D eigenvalue weighted by Gasteiger charge is 2.53. The zero-order valence-electron chi connectivity index (χ0n) is 13.4. The van der Waals surface area contributed by atoms with Gasteiger partial charge < -0.3 is 5.32 Å². The van der Waals surface area contributed by atoms with Crippen LogP contribution in [-0.4, -0.2) is 36.1 Å². The summed E-state index contributed by atoms with van der Waals surface area (Å²) >= 11 is 0. The van der Waals surface area contributed by atoms with E-state index >= 15 is 0 Å². The predicted molar refractivity (Wildman–Crippen MR) is 78.8 cm³/mol. The van der Waals surface area contributed by atoms with Gasteiger partial charge in [0.2, 0.25) is 0 Å². The predicted octanol–water partition coefficient (Wildman–Crippen LogP) is 3.13. The number of piperazine rings is 1. The lowest BCUT2D eigenvalue weighted by Gasteiger charge is -2.47. The first-order valence-corrected chi connectivity index (χ1v) is 7.62. The summed E-state index contributed by atoms with van der Waals surface area (Å²) in [5.74, 6) is 0.745.